The molecule has 4 rings (SSSR count). The van der Waals surface area contributed by atoms with E-state index in [1.165, 1.54) is 38.5 Å². The van der Waals surface area contributed by atoms with Crippen molar-refractivity contribution in [3.05, 3.63) is 0 Å². The highest BCUT2D eigenvalue weighted by Crippen LogP contribution is 2.39. The second-order valence-electron chi connectivity index (χ2n) is 8.59. The zero-order valence-corrected chi connectivity index (χ0v) is 15.1. The Bertz CT molecular complexity index is 520. The Kier molecular flexibility index (Phi) is 4.75. The quantitative estimate of drug-likeness (QED) is 0.790. The maximum absolute atomic E-state index is 12.9. The molecule has 2 N–H and O–H groups in total. The van der Waals surface area contributed by atoms with Gasteiger partial charge >= 0.3 is 0 Å². The molecule has 1 atom stereocenters. The molecule has 0 radical (unpaired) electrons. The van der Waals surface area contributed by atoms with Crippen molar-refractivity contribution in [2.24, 2.45) is 5.41 Å². The summed E-state index contributed by atoms with van der Waals surface area (Å²) in [6.07, 6.45) is 8.82. The lowest BCUT2D eigenvalue weighted by Crippen LogP contribution is -2.57. The number of nitrogens with one attached hydrogen (secondary N) is 1. The van der Waals surface area contributed by atoms with Gasteiger partial charge in [-0.2, -0.15) is 0 Å². The van der Waals surface area contributed by atoms with Gasteiger partial charge in [-0.1, -0.05) is 12.8 Å². The summed E-state index contributed by atoms with van der Waals surface area (Å²) in [5.41, 5.74) is -0.418. The summed E-state index contributed by atoms with van der Waals surface area (Å²) >= 11 is 0. The Hall–Kier alpha value is -1.14. The fraction of sp³-hybridized carbons (Fsp3) is 0.895. The molecule has 140 valence electrons. The van der Waals surface area contributed by atoms with Crippen molar-refractivity contribution in [2.45, 2.75) is 76.0 Å². The molecule has 2 saturated heterocycles. The maximum Gasteiger partial charge on any atom is 0.237 e. The molecule has 2 aliphatic heterocycles. The van der Waals surface area contributed by atoms with Crippen LogP contribution in [0.4, 0.5) is 0 Å². The monoisotopic (exact) mass is 349 g/mol. The molecular weight excluding hydrogens is 318 g/mol. The Balaban J connectivity index is 1.33. The smallest absolute Gasteiger partial charge is 0.237 e. The average molecular weight is 349 g/mol. The maximum atomic E-state index is 12.9. The van der Waals surface area contributed by atoms with Crippen molar-refractivity contribution in [3.8, 4) is 0 Å². The van der Waals surface area contributed by atoms with Crippen molar-refractivity contribution in [3.63, 3.8) is 0 Å². The molecule has 4 aliphatic rings. The first kappa shape index (κ1) is 17.3. The number of β-amino-alcohol motifs (C(OH)–C–C–N with tert-alkyl or cyclic N) is 1. The zero-order chi connectivity index (χ0) is 17.4. The summed E-state index contributed by atoms with van der Waals surface area (Å²) in [5, 5.41) is 12.8. The number of amides is 2. The van der Waals surface area contributed by atoms with Crippen LogP contribution in [0.5, 0.6) is 0 Å². The molecule has 2 amide bonds. The molecule has 2 heterocycles. The van der Waals surface area contributed by atoms with Crippen molar-refractivity contribution in [1.82, 2.24) is 15.1 Å². The van der Waals surface area contributed by atoms with E-state index in [1.54, 1.807) is 0 Å². The van der Waals surface area contributed by atoms with Crippen molar-refractivity contribution < 1.29 is 14.7 Å². The minimum Gasteiger partial charge on any atom is -0.391 e. The molecule has 1 unspecified atom stereocenters. The largest absolute Gasteiger partial charge is 0.391 e. The second kappa shape index (κ2) is 6.88. The minimum atomic E-state index is -0.432. The van der Waals surface area contributed by atoms with E-state index in [0.29, 0.717) is 37.5 Å². The molecule has 6 nitrogen and oxygen atoms in total. The van der Waals surface area contributed by atoms with Crippen molar-refractivity contribution >= 4 is 11.8 Å². The summed E-state index contributed by atoms with van der Waals surface area (Å²) in [4.78, 5) is 29.7. The van der Waals surface area contributed by atoms with Crippen LogP contribution in [0.2, 0.25) is 0 Å². The molecule has 2 aliphatic carbocycles. The first-order valence-electron chi connectivity index (χ1n) is 10.1. The predicted molar refractivity (Wildman–Crippen MR) is 93.9 cm³/mol. The van der Waals surface area contributed by atoms with Crippen LogP contribution in [0.25, 0.3) is 0 Å². The number of hydrogen-bond donors (Lipinski definition) is 2. The van der Waals surface area contributed by atoms with Crippen LogP contribution >= 0.6 is 0 Å². The van der Waals surface area contributed by atoms with Crippen LogP contribution in [0.1, 0.15) is 57.8 Å². The van der Waals surface area contributed by atoms with Crippen LogP contribution in [-0.4, -0.2) is 71.1 Å². The first-order valence-corrected chi connectivity index (χ1v) is 10.1. The van der Waals surface area contributed by atoms with E-state index in [9.17, 15) is 14.7 Å². The van der Waals surface area contributed by atoms with Gasteiger partial charge in [-0.05, 0) is 58.0 Å². The zero-order valence-electron chi connectivity index (χ0n) is 15.1. The summed E-state index contributed by atoms with van der Waals surface area (Å²) < 4.78 is 0. The van der Waals surface area contributed by atoms with E-state index >= 15 is 0 Å². The van der Waals surface area contributed by atoms with E-state index in [4.69, 9.17) is 0 Å². The number of aliphatic hydroxyl groups excluding tert-OH is 1. The molecule has 1 spiro atoms. The SMILES string of the molecule is O=C(CN1CCC2(CC1)CC(O)CNC2=O)N(C1CCCC1)C1CC1. The first-order chi connectivity index (χ1) is 12.1. The van der Waals surface area contributed by atoms with Gasteiger partial charge in [-0.3, -0.25) is 14.5 Å². The number of carbonyl (C=O) groups is 2. The minimum absolute atomic E-state index is 0.0920. The van der Waals surface area contributed by atoms with Crippen LogP contribution in [0.3, 0.4) is 0 Å². The Morgan fingerprint density at radius 1 is 1.16 bits per heavy atom. The number of piperidine rings is 2. The van der Waals surface area contributed by atoms with Crippen molar-refractivity contribution in [2.75, 3.05) is 26.2 Å². The third-order valence-electron chi connectivity index (χ3n) is 6.72. The van der Waals surface area contributed by atoms with E-state index in [0.717, 1.165) is 25.9 Å². The van der Waals surface area contributed by atoms with Gasteiger partial charge in [-0.25, -0.2) is 0 Å². The van der Waals surface area contributed by atoms with Gasteiger partial charge in [-0.15, -0.1) is 0 Å². The van der Waals surface area contributed by atoms with Gasteiger partial charge in [0.1, 0.15) is 0 Å². The van der Waals surface area contributed by atoms with Gasteiger partial charge in [0.05, 0.1) is 18.1 Å². The lowest BCUT2D eigenvalue weighted by atomic mass is 9.71. The van der Waals surface area contributed by atoms with Gasteiger partial charge in [0.2, 0.25) is 11.8 Å². The van der Waals surface area contributed by atoms with Crippen LogP contribution < -0.4 is 5.32 Å². The topological polar surface area (TPSA) is 72.9 Å². The number of rotatable bonds is 4. The third kappa shape index (κ3) is 3.56. The van der Waals surface area contributed by atoms with Crippen LogP contribution in [-0.2, 0) is 9.59 Å². The van der Waals surface area contributed by atoms with E-state index in [-0.39, 0.29) is 5.91 Å². The summed E-state index contributed by atoms with van der Waals surface area (Å²) in [6, 6.07) is 0.960. The van der Waals surface area contributed by atoms with E-state index in [2.05, 4.69) is 15.1 Å². The molecule has 0 bridgehead atoms. The molecule has 0 aromatic heterocycles. The molecule has 0 aromatic carbocycles. The summed E-state index contributed by atoms with van der Waals surface area (Å²) in [7, 11) is 0. The van der Waals surface area contributed by atoms with Gasteiger partial charge in [0, 0.05) is 18.6 Å². The molecule has 0 aromatic rings. The highest BCUT2D eigenvalue weighted by molar-refractivity contribution is 5.84. The summed E-state index contributed by atoms with van der Waals surface area (Å²) in [6.45, 7) is 2.41. The third-order valence-corrected chi connectivity index (χ3v) is 6.72. The lowest BCUT2D eigenvalue weighted by molar-refractivity contribution is -0.142. The number of hydrogen-bond acceptors (Lipinski definition) is 4. The van der Waals surface area contributed by atoms with Gasteiger partial charge in [0.15, 0.2) is 0 Å². The highest BCUT2D eigenvalue weighted by atomic mass is 16.3. The molecular formula is C19H31N3O3. The number of nitrogens with zero attached hydrogens (tertiary/aromatic N) is 2. The van der Waals surface area contributed by atoms with Gasteiger partial charge < -0.3 is 15.3 Å². The van der Waals surface area contributed by atoms with Crippen LogP contribution in [0, 0.1) is 5.41 Å². The van der Waals surface area contributed by atoms with Crippen molar-refractivity contribution in [1.29, 1.82) is 0 Å². The normalized spacial score (nSPS) is 30.4. The standard InChI is InChI=1S/C19H31N3O3/c23-16-11-19(18(25)20-12-16)7-9-21(10-8-19)13-17(24)22(15-5-6-15)14-3-1-2-4-14/h14-16,23H,1-13H2,(H,20,25). The number of aliphatic hydroxyl groups is 1. The summed E-state index contributed by atoms with van der Waals surface area (Å²) in [5.74, 6) is 0.382. The Morgan fingerprint density at radius 2 is 1.80 bits per heavy atom. The Labute approximate surface area is 149 Å². The lowest BCUT2D eigenvalue weighted by Gasteiger charge is -2.44. The fourth-order valence-electron chi connectivity index (χ4n) is 5.10. The van der Waals surface area contributed by atoms with E-state index in [1.807, 2.05) is 0 Å². The molecule has 2 saturated carbocycles. The van der Waals surface area contributed by atoms with Crippen LogP contribution in [0.15, 0.2) is 0 Å². The predicted octanol–water partition coefficient (Wildman–Crippen LogP) is 0.883. The van der Waals surface area contributed by atoms with E-state index < -0.39 is 11.5 Å². The Morgan fingerprint density at radius 3 is 2.44 bits per heavy atom. The molecule has 25 heavy (non-hydrogen) atoms. The fourth-order valence-corrected chi connectivity index (χ4v) is 5.10. The number of likely N-dealkylation sites (tertiary alicyclic amines) is 1. The second-order valence-corrected chi connectivity index (χ2v) is 8.59. The molecule has 6 heteroatoms. The number of carbonyl (C=O) groups excluding carboxylic acids is 2. The molecule has 4 fully saturated rings. The van der Waals surface area contributed by atoms with Gasteiger partial charge in [0.25, 0.3) is 0 Å². The highest BCUT2D eigenvalue weighted by Gasteiger charge is 2.46. The average Bonchev–Trinajstić information content (AvgIpc) is 3.27.